The minimum atomic E-state index is 0.465. The molecular formula is C108H94Cl2N24O8S6. The zero-order valence-electron chi connectivity index (χ0n) is 81.9. The number of rotatable bonds is 26. The predicted octanol–water partition coefficient (Wildman–Crippen LogP) is 28.2. The average molecular weight is 2120 g/mol. The summed E-state index contributed by atoms with van der Waals surface area (Å²) in [5, 5.41) is 64.9. The number of hydrogen-bond acceptors (Lipinski definition) is 38. The Hall–Kier alpha value is -16.2. The number of halogens is 2. The topological polar surface area (TPSA) is 401 Å². The van der Waals surface area contributed by atoms with Crippen molar-refractivity contribution >= 4 is 187 Å². The van der Waals surface area contributed by atoms with E-state index in [1.54, 1.807) is 120 Å². The Morgan fingerprint density at radius 2 is 0.500 bits per heavy atom. The number of benzene rings is 6. The molecule has 0 bridgehead atoms. The van der Waals surface area contributed by atoms with Crippen LogP contribution in [0.1, 0.15) is 90.2 Å². The molecule has 0 amide bonds. The highest BCUT2D eigenvalue weighted by Gasteiger charge is 2.22. The Balaban J connectivity index is 0.000000112. The predicted molar refractivity (Wildman–Crippen MR) is 591 cm³/mol. The third kappa shape index (κ3) is 23.8. The normalized spacial score (nSPS) is 11.1. The van der Waals surface area contributed by atoms with E-state index in [-0.39, 0.29) is 0 Å². The molecule has 0 saturated heterocycles. The number of aromatic nitrogens is 18. The summed E-state index contributed by atoms with van der Waals surface area (Å²) < 4.78 is 43.3. The van der Waals surface area contributed by atoms with Gasteiger partial charge in [-0.25, -0.2) is 59.8 Å². The summed E-state index contributed by atoms with van der Waals surface area (Å²) in [7, 11) is 3.23. The number of fused-ring (bicyclic) bond motifs is 6. The van der Waals surface area contributed by atoms with E-state index in [1.165, 1.54) is 33.4 Å². The van der Waals surface area contributed by atoms with Crippen molar-refractivity contribution in [1.29, 1.82) is 0 Å². The molecule has 32 nitrogen and oxygen atoms in total. The number of anilines is 6. The lowest BCUT2D eigenvalue weighted by atomic mass is 10.1. The van der Waals surface area contributed by atoms with E-state index in [0.717, 1.165) is 203 Å². The van der Waals surface area contributed by atoms with Crippen molar-refractivity contribution in [2.45, 2.75) is 109 Å². The quantitative estimate of drug-likeness (QED) is 0.0293. The van der Waals surface area contributed by atoms with Crippen molar-refractivity contribution in [2.75, 3.05) is 46.1 Å². The molecule has 24 rings (SSSR count). The molecule has 0 saturated carbocycles. The van der Waals surface area contributed by atoms with E-state index >= 15 is 0 Å². The highest BCUT2D eigenvalue weighted by Crippen LogP contribution is 2.40. The number of ether oxygens (including phenoxy) is 2. The molecule has 40 heteroatoms. The van der Waals surface area contributed by atoms with E-state index in [9.17, 15) is 0 Å². The molecule has 0 aliphatic rings. The second-order valence-electron chi connectivity index (χ2n) is 34.2. The fourth-order valence-electron chi connectivity index (χ4n) is 15.8. The number of methoxy groups -OCH3 is 2. The Bertz CT molecular complexity index is 8320. The molecule has 0 fully saturated rings. The molecule has 6 N–H and O–H groups in total. The zero-order chi connectivity index (χ0) is 102. The van der Waals surface area contributed by atoms with Gasteiger partial charge in [-0.1, -0.05) is 174 Å². The maximum absolute atomic E-state index is 6.30. The Kier molecular flexibility index (Phi) is 31.5. The molecule has 18 heterocycles. The van der Waals surface area contributed by atoms with Crippen molar-refractivity contribution in [3.63, 3.8) is 0 Å². The van der Waals surface area contributed by atoms with E-state index in [0.29, 0.717) is 78.0 Å². The summed E-state index contributed by atoms with van der Waals surface area (Å²) in [6.45, 7) is 23.6. The van der Waals surface area contributed by atoms with Crippen molar-refractivity contribution in [3.05, 3.63) is 340 Å². The van der Waals surface area contributed by atoms with Crippen LogP contribution in [0.25, 0.3) is 129 Å². The standard InChI is InChI=1S/C19H18N4O3S.C18H15ClN4OS.3C18H16N4OS.C17H13ClN4OS/c1-11-9-27-19-17(11)18(21-10-22-19)20-8-13-6-15(23-26-13)14-5-4-12(24-2)7-16(14)25-3;1-10-3-4-13(14(19)5-10)15-6-12(24-23-15)7-20-17-16-11(2)8-25-18(16)22-9-21-17;3*1-11-3-5-13(6-4-11)15-7-14(23-22-15)8-19-17-16-12(2)9-24-18(16)21-10-20-17;1-10-8-24-17-15(10)16(20-9-21-17)19-7-11-6-14(22-23-11)12-4-2-3-5-13(12)18/h4-7,9-10H,8H2,1-3H3,(H,20,21,22);3-6,8-9H,7H2,1-2H3,(H,20,21,22);3*3-7,9-10H,8H2,1-2H3,(H,19,20,21);2-6,8-9H,7H2,1H3,(H,19,20,21). The summed E-state index contributed by atoms with van der Waals surface area (Å²) in [4.78, 5) is 57.8. The average Bonchev–Trinajstić information content (AvgIpc) is 1.68. The molecule has 0 spiro atoms. The van der Waals surface area contributed by atoms with Gasteiger partial charge >= 0.3 is 0 Å². The zero-order valence-corrected chi connectivity index (χ0v) is 88.3. The fourth-order valence-corrected chi connectivity index (χ4v) is 21.7. The van der Waals surface area contributed by atoms with Crippen molar-refractivity contribution in [2.24, 2.45) is 0 Å². The first-order valence-electron chi connectivity index (χ1n) is 46.4. The lowest BCUT2D eigenvalue weighted by Gasteiger charge is -2.07. The van der Waals surface area contributed by atoms with Gasteiger partial charge in [0.2, 0.25) is 0 Å². The van der Waals surface area contributed by atoms with E-state index in [1.807, 2.05) is 140 Å². The number of aryl methyl sites for hydroxylation is 10. The molecule has 0 atom stereocenters. The van der Waals surface area contributed by atoms with Crippen molar-refractivity contribution in [3.8, 4) is 79.0 Å². The van der Waals surface area contributed by atoms with Gasteiger partial charge in [-0.3, -0.25) is 0 Å². The SMILES string of the molecule is COc1ccc(-c2cc(CNc3ncnc4scc(C)c34)on2)c(OC)c1.Cc1ccc(-c2cc(CNc3ncnc4scc(C)c34)on2)c(Cl)c1.Cc1ccc(-c2cc(CNc3ncnc4scc(C)c34)on2)cc1.Cc1ccc(-c2cc(CNc3ncnc4scc(C)c34)on2)cc1.Cc1ccc(-c2cc(CNc3ncnc4scc(C)c34)on2)cc1.Cc1csc2ncnc(NCc3cc(-c4ccccc4Cl)no3)c12. The third-order valence-corrected chi connectivity index (χ3v) is 30.2. The second kappa shape index (κ2) is 46.5. The van der Waals surface area contributed by atoms with E-state index < -0.39 is 0 Å². The monoisotopic (exact) mass is 2120 g/mol. The fraction of sp³-hybridized carbons (Fsp3) is 0.167. The Morgan fingerprint density at radius 1 is 0.250 bits per heavy atom. The molecule has 0 aliphatic heterocycles. The van der Waals surface area contributed by atoms with Gasteiger partial charge in [-0.05, 0) is 165 Å². The van der Waals surface area contributed by atoms with Crippen LogP contribution in [0.3, 0.4) is 0 Å². The molecule has 148 heavy (non-hydrogen) atoms. The largest absolute Gasteiger partial charge is 0.497 e. The van der Waals surface area contributed by atoms with Crippen LogP contribution >= 0.6 is 91.2 Å². The molecule has 6 aromatic carbocycles. The van der Waals surface area contributed by atoms with Gasteiger partial charge in [0.05, 0.1) is 95.9 Å². The van der Waals surface area contributed by atoms with Gasteiger partial charge in [-0.2, -0.15) is 0 Å². The first-order chi connectivity index (χ1) is 72.1. The maximum atomic E-state index is 6.30. The van der Waals surface area contributed by atoms with Crippen LogP contribution in [-0.2, 0) is 39.3 Å². The minimum absolute atomic E-state index is 0.465. The number of hydrogen-bond donors (Lipinski definition) is 6. The Labute approximate surface area is 881 Å². The van der Waals surface area contributed by atoms with Crippen molar-refractivity contribution in [1.82, 2.24) is 90.7 Å². The van der Waals surface area contributed by atoms with Gasteiger partial charge < -0.3 is 68.5 Å². The highest BCUT2D eigenvalue weighted by atomic mass is 35.5. The summed E-state index contributed by atoms with van der Waals surface area (Å²) >= 11 is 22.2. The molecule has 18 aromatic heterocycles. The van der Waals surface area contributed by atoms with Gasteiger partial charge in [0.25, 0.3) is 0 Å². The number of nitrogens with zero attached hydrogens (tertiary/aromatic N) is 18. The van der Waals surface area contributed by atoms with Crippen LogP contribution in [0.5, 0.6) is 11.5 Å². The van der Waals surface area contributed by atoms with Gasteiger partial charge in [-0.15, -0.1) is 68.0 Å². The lowest BCUT2D eigenvalue weighted by molar-refractivity contribution is 0.386. The Morgan fingerprint density at radius 3 is 0.770 bits per heavy atom. The first kappa shape index (κ1) is 100. The van der Waals surface area contributed by atoms with Gasteiger partial charge in [0, 0.05) is 75.8 Å². The van der Waals surface area contributed by atoms with Crippen LogP contribution < -0.4 is 41.4 Å². The summed E-state index contributed by atoms with van der Waals surface area (Å²) in [5.74, 6) is 10.7. The molecule has 0 aliphatic carbocycles. The van der Waals surface area contributed by atoms with Crippen LogP contribution in [0, 0.1) is 69.2 Å². The lowest BCUT2D eigenvalue weighted by Crippen LogP contribution is -2.01. The molecule has 24 aromatic rings. The molecule has 0 radical (unpaired) electrons. The summed E-state index contributed by atoms with van der Waals surface area (Å²) in [6, 6.07) is 55.2. The second-order valence-corrected chi connectivity index (χ2v) is 40.2. The molecule has 744 valence electrons. The third-order valence-electron chi connectivity index (χ3n) is 23.5. The summed E-state index contributed by atoms with van der Waals surface area (Å²) in [5.41, 5.74) is 22.2. The molecule has 0 unspecified atom stereocenters. The summed E-state index contributed by atoms with van der Waals surface area (Å²) in [6.07, 6.45) is 9.44. The van der Waals surface area contributed by atoms with E-state index in [4.69, 9.17) is 59.8 Å². The van der Waals surface area contributed by atoms with Crippen LogP contribution in [0.15, 0.2) is 267 Å². The van der Waals surface area contributed by atoms with Crippen LogP contribution in [0.2, 0.25) is 10.0 Å². The first-order valence-corrected chi connectivity index (χ1v) is 52.4. The highest BCUT2D eigenvalue weighted by molar-refractivity contribution is 7.18. The van der Waals surface area contributed by atoms with Crippen molar-refractivity contribution < 1.29 is 36.6 Å². The maximum Gasteiger partial charge on any atom is 0.156 e. The van der Waals surface area contributed by atoms with Gasteiger partial charge in [0.1, 0.15) is 148 Å². The molecular weight excluding hydrogens is 2020 g/mol. The van der Waals surface area contributed by atoms with E-state index in [2.05, 4.69) is 254 Å². The van der Waals surface area contributed by atoms with Gasteiger partial charge in [0.15, 0.2) is 34.6 Å². The minimum Gasteiger partial charge on any atom is -0.497 e. The van der Waals surface area contributed by atoms with Crippen LogP contribution in [0.4, 0.5) is 34.9 Å². The number of nitrogens with one attached hydrogen (secondary N) is 6. The number of thiophene rings is 6. The smallest absolute Gasteiger partial charge is 0.156 e. The van der Waals surface area contributed by atoms with Crippen LogP contribution in [-0.4, -0.2) is 105 Å².